The Morgan fingerprint density at radius 2 is 2.16 bits per heavy atom. The number of hydrogen-bond acceptors (Lipinski definition) is 2. The second kappa shape index (κ2) is 6.37. The molecule has 2 aliphatic carbocycles. The van der Waals surface area contributed by atoms with E-state index in [2.05, 4.69) is 40.7 Å². The van der Waals surface area contributed by atoms with Crippen molar-refractivity contribution in [1.82, 2.24) is 15.6 Å². The summed E-state index contributed by atoms with van der Waals surface area (Å²) in [5, 5.41) is 17.1. The Kier molecular flexibility index (Phi) is 4.20. The molecule has 0 radical (unpaired) electrons. The largest absolute Gasteiger partial charge is 0.394 e. The zero-order valence-electron chi connectivity index (χ0n) is 14.8. The highest BCUT2D eigenvalue weighted by atomic mass is 16.3. The molecule has 2 aromatic rings. The summed E-state index contributed by atoms with van der Waals surface area (Å²) in [7, 11) is 0. The number of aromatic amines is 1. The number of rotatable bonds is 3. The van der Waals surface area contributed by atoms with Gasteiger partial charge in [0.15, 0.2) is 0 Å². The third-order valence-electron chi connectivity index (χ3n) is 5.92. The van der Waals surface area contributed by atoms with Gasteiger partial charge in [0.2, 0.25) is 0 Å². The maximum atomic E-state index is 12.5. The molecule has 1 aromatic carbocycles. The van der Waals surface area contributed by atoms with Crippen LogP contribution in [-0.2, 0) is 12.8 Å². The van der Waals surface area contributed by atoms with E-state index in [1.54, 1.807) is 0 Å². The Balaban J connectivity index is 1.46. The van der Waals surface area contributed by atoms with E-state index in [1.807, 2.05) is 0 Å². The predicted octanol–water partition coefficient (Wildman–Crippen LogP) is 2.94. The lowest BCUT2D eigenvalue weighted by Crippen LogP contribution is -2.55. The van der Waals surface area contributed by atoms with Crippen molar-refractivity contribution in [3.63, 3.8) is 0 Å². The molecule has 0 bridgehead atoms. The first-order valence-electron chi connectivity index (χ1n) is 9.38. The fraction of sp³-hybridized carbons (Fsp3) is 0.550. The molecule has 1 heterocycles. The first-order chi connectivity index (χ1) is 12.1. The molecular formula is C20H27N3O2. The first kappa shape index (κ1) is 16.5. The molecule has 1 saturated carbocycles. The van der Waals surface area contributed by atoms with Gasteiger partial charge in [-0.15, -0.1) is 0 Å². The van der Waals surface area contributed by atoms with Crippen LogP contribution in [0.2, 0.25) is 0 Å². The molecule has 4 rings (SSSR count). The summed E-state index contributed by atoms with van der Waals surface area (Å²) in [6.45, 7) is 2.14. The van der Waals surface area contributed by atoms with Crippen LogP contribution in [0.1, 0.15) is 48.9 Å². The Bertz CT molecular complexity index is 790. The van der Waals surface area contributed by atoms with E-state index in [4.69, 9.17) is 0 Å². The smallest absolute Gasteiger partial charge is 0.315 e. The molecule has 0 aliphatic heterocycles. The van der Waals surface area contributed by atoms with Crippen LogP contribution in [-0.4, -0.2) is 34.3 Å². The lowest BCUT2D eigenvalue weighted by atomic mass is 9.91. The van der Waals surface area contributed by atoms with Crippen LogP contribution >= 0.6 is 0 Å². The van der Waals surface area contributed by atoms with E-state index in [0.29, 0.717) is 0 Å². The lowest BCUT2D eigenvalue weighted by Gasteiger charge is -2.30. The van der Waals surface area contributed by atoms with Crippen molar-refractivity contribution >= 4 is 16.9 Å². The molecule has 25 heavy (non-hydrogen) atoms. The summed E-state index contributed by atoms with van der Waals surface area (Å²) in [5.41, 5.74) is 4.68. The number of amides is 2. The quantitative estimate of drug-likeness (QED) is 0.693. The van der Waals surface area contributed by atoms with Crippen LogP contribution in [0.5, 0.6) is 0 Å². The summed E-state index contributed by atoms with van der Waals surface area (Å²) in [6, 6.07) is 6.50. The lowest BCUT2D eigenvalue weighted by molar-refractivity contribution is 0.161. The zero-order valence-corrected chi connectivity index (χ0v) is 14.8. The van der Waals surface area contributed by atoms with Crippen molar-refractivity contribution in [3.8, 4) is 0 Å². The van der Waals surface area contributed by atoms with Gasteiger partial charge in [-0.25, -0.2) is 4.79 Å². The number of nitrogens with one attached hydrogen (secondary N) is 3. The highest BCUT2D eigenvalue weighted by Gasteiger charge is 2.35. The molecule has 134 valence electrons. The van der Waals surface area contributed by atoms with Gasteiger partial charge in [0.1, 0.15) is 0 Å². The SMILES string of the molecule is Cc1ccc2[nH]c3c(c2c1)CC(NC(=O)NC1(CO)CCCC1)CC3. The highest BCUT2D eigenvalue weighted by molar-refractivity contribution is 5.86. The summed E-state index contributed by atoms with van der Waals surface area (Å²) >= 11 is 0. The Labute approximate surface area is 148 Å². The van der Waals surface area contributed by atoms with Crippen LogP contribution in [0.3, 0.4) is 0 Å². The van der Waals surface area contributed by atoms with Gasteiger partial charge in [-0.05, 0) is 56.7 Å². The van der Waals surface area contributed by atoms with Gasteiger partial charge in [0.05, 0.1) is 12.1 Å². The molecule has 5 nitrogen and oxygen atoms in total. The number of aryl methyl sites for hydroxylation is 2. The van der Waals surface area contributed by atoms with Crippen LogP contribution < -0.4 is 10.6 Å². The second-order valence-corrected chi connectivity index (χ2v) is 7.81. The summed E-state index contributed by atoms with van der Waals surface area (Å²) in [5.74, 6) is 0. The number of carbonyl (C=O) groups is 1. The van der Waals surface area contributed by atoms with Gasteiger partial charge < -0.3 is 20.7 Å². The van der Waals surface area contributed by atoms with Crippen molar-refractivity contribution < 1.29 is 9.90 Å². The normalized spacial score (nSPS) is 21.9. The van der Waals surface area contributed by atoms with Crippen molar-refractivity contribution in [2.75, 3.05) is 6.61 Å². The fourth-order valence-corrected chi connectivity index (χ4v) is 4.49. The number of hydrogen-bond donors (Lipinski definition) is 4. The highest BCUT2D eigenvalue weighted by Crippen LogP contribution is 2.31. The maximum absolute atomic E-state index is 12.5. The van der Waals surface area contributed by atoms with Crippen molar-refractivity contribution in [1.29, 1.82) is 0 Å². The van der Waals surface area contributed by atoms with Crippen LogP contribution in [0, 0.1) is 6.92 Å². The number of H-pyrrole nitrogens is 1. The fourth-order valence-electron chi connectivity index (χ4n) is 4.49. The zero-order chi connectivity index (χ0) is 17.4. The number of urea groups is 1. The average molecular weight is 341 g/mol. The van der Waals surface area contributed by atoms with Crippen LogP contribution in [0.15, 0.2) is 18.2 Å². The third-order valence-corrected chi connectivity index (χ3v) is 5.92. The van der Waals surface area contributed by atoms with Crippen LogP contribution in [0.4, 0.5) is 4.79 Å². The van der Waals surface area contributed by atoms with E-state index >= 15 is 0 Å². The minimum Gasteiger partial charge on any atom is -0.394 e. The molecule has 2 amide bonds. The standard InChI is InChI=1S/C20H27N3O2/c1-13-4-6-17-15(10-13)16-11-14(5-7-18(16)22-17)21-19(25)23-20(12-24)8-2-3-9-20/h4,6,10,14,22,24H,2-3,5,7-9,11-12H2,1H3,(H2,21,23,25). The maximum Gasteiger partial charge on any atom is 0.315 e. The minimum atomic E-state index is -0.415. The summed E-state index contributed by atoms with van der Waals surface area (Å²) in [6.07, 6.45) is 6.64. The number of carbonyl (C=O) groups excluding carboxylic acids is 1. The number of fused-ring (bicyclic) bond motifs is 3. The molecule has 4 N–H and O–H groups in total. The van der Waals surface area contributed by atoms with E-state index in [9.17, 15) is 9.90 Å². The van der Waals surface area contributed by atoms with Crippen molar-refractivity contribution in [2.45, 2.75) is 63.5 Å². The summed E-state index contributed by atoms with van der Waals surface area (Å²) < 4.78 is 0. The topological polar surface area (TPSA) is 77.2 Å². The van der Waals surface area contributed by atoms with Gasteiger partial charge in [0, 0.05) is 22.6 Å². The first-order valence-corrected chi connectivity index (χ1v) is 9.38. The molecule has 5 heteroatoms. The summed E-state index contributed by atoms with van der Waals surface area (Å²) in [4.78, 5) is 16.0. The van der Waals surface area contributed by atoms with Crippen LogP contribution in [0.25, 0.3) is 10.9 Å². The van der Waals surface area contributed by atoms with E-state index in [1.165, 1.54) is 27.7 Å². The number of aliphatic hydroxyl groups is 1. The second-order valence-electron chi connectivity index (χ2n) is 7.81. The molecule has 1 fully saturated rings. The van der Waals surface area contributed by atoms with Crippen molar-refractivity contribution in [3.05, 3.63) is 35.0 Å². The Morgan fingerprint density at radius 1 is 1.36 bits per heavy atom. The molecule has 2 aliphatic rings. The molecular weight excluding hydrogens is 314 g/mol. The van der Waals surface area contributed by atoms with Gasteiger partial charge >= 0.3 is 6.03 Å². The van der Waals surface area contributed by atoms with E-state index in [0.717, 1.165) is 44.9 Å². The van der Waals surface area contributed by atoms with Gasteiger partial charge in [-0.1, -0.05) is 24.5 Å². The van der Waals surface area contributed by atoms with Gasteiger partial charge in [0.25, 0.3) is 0 Å². The molecule has 1 atom stereocenters. The van der Waals surface area contributed by atoms with Crippen molar-refractivity contribution in [2.24, 2.45) is 0 Å². The molecule has 1 unspecified atom stereocenters. The van der Waals surface area contributed by atoms with E-state index < -0.39 is 5.54 Å². The monoisotopic (exact) mass is 341 g/mol. The predicted molar refractivity (Wildman–Crippen MR) is 98.8 cm³/mol. The van der Waals surface area contributed by atoms with E-state index in [-0.39, 0.29) is 18.7 Å². The molecule has 1 aromatic heterocycles. The van der Waals surface area contributed by atoms with Gasteiger partial charge in [-0.3, -0.25) is 0 Å². The molecule has 0 saturated heterocycles. The number of aromatic nitrogens is 1. The molecule has 0 spiro atoms. The Hall–Kier alpha value is -2.01. The Morgan fingerprint density at radius 3 is 2.92 bits per heavy atom. The third kappa shape index (κ3) is 3.13. The van der Waals surface area contributed by atoms with Gasteiger partial charge in [-0.2, -0.15) is 0 Å². The average Bonchev–Trinajstić information content (AvgIpc) is 3.20. The number of benzene rings is 1. The number of aliphatic hydroxyl groups excluding tert-OH is 1. The minimum absolute atomic E-state index is 0.0248.